The summed E-state index contributed by atoms with van der Waals surface area (Å²) in [5.41, 5.74) is 2.50. The van der Waals surface area contributed by atoms with Crippen molar-refractivity contribution in [3.05, 3.63) is 78.1 Å². The fourth-order valence-corrected chi connectivity index (χ4v) is 5.60. The fraction of sp³-hybridized carbons (Fsp3) is 0.472. The summed E-state index contributed by atoms with van der Waals surface area (Å²) in [5.74, 6) is 0.783. The van der Waals surface area contributed by atoms with Gasteiger partial charge in [0.1, 0.15) is 11.5 Å². The van der Waals surface area contributed by atoms with Crippen LogP contribution in [0.1, 0.15) is 56.0 Å². The largest absolute Gasteiger partial charge is 0.497 e. The van der Waals surface area contributed by atoms with Crippen molar-refractivity contribution < 1.29 is 28.9 Å². The lowest BCUT2D eigenvalue weighted by Gasteiger charge is -2.36. The summed E-state index contributed by atoms with van der Waals surface area (Å²) in [6, 6.07) is 15.2. The van der Waals surface area contributed by atoms with E-state index in [0.717, 1.165) is 31.4 Å². The molecule has 0 saturated carbocycles. The number of hydrogen-bond acceptors (Lipinski definition) is 8. The Kier molecular flexibility index (Phi) is 13.4. The first-order valence-corrected chi connectivity index (χ1v) is 16.3. The average molecular weight is 648 g/mol. The second-order valence-corrected chi connectivity index (χ2v) is 12.4. The van der Waals surface area contributed by atoms with Gasteiger partial charge in [0.05, 0.1) is 37.5 Å². The number of carbonyl (C=O) groups excluding carboxylic acids is 2. The van der Waals surface area contributed by atoms with Gasteiger partial charge in [-0.2, -0.15) is 0 Å². The number of nitrogens with one attached hydrogen (secondary N) is 2. The van der Waals surface area contributed by atoms with Crippen LogP contribution in [0.15, 0.2) is 67.0 Å². The molecule has 3 N–H and O–H groups in total. The van der Waals surface area contributed by atoms with E-state index in [1.54, 1.807) is 66.9 Å². The number of methoxy groups -OCH3 is 1. The Morgan fingerprint density at radius 1 is 1.09 bits per heavy atom. The number of nitrogens with zero attached hydrogens (tertiary/aromatic N) is 3. The van der Waals surface area contributed by atoms with Crippen molar-refractivity contribution in [3.63, 3.8) is 0 Å². The van der Waals surface area contributed by atoms with Gasteiger partial charge in [0.15, 0.2) is 0 Å². The Morgan fingerprint density at radius 3 is 2.49 bits per heavy atom. The van der Waals surface area contributed by atoms with Crippen LogP contribution >= 0.6 is 0 Å². The van der Waals surface area contributed by atoms with Crippen LogP contribution in [0.2, 0.25) is 0 Å². The molecule has 1 aliphatic rings. The van der Waals surface area contributed by atoms with Crippen LogP contribution < -0.4 is 20.1 Å². The van der Waals surface area contributed by atoms with Crippen molar-refractivity contribution in [1.82, 2.24) is 14.8 Å². The molecule has 1 aliphatic heterocycles. The molecular weight excluding hydrogens is 598 g/mol. The number of aromatic nitrogens is 1. The number of amides is 3. The molecule has 254 valence electrons. The number of pyridine rings is 1. The van der Waals surface area contributed by atoms with Crippen LogP contribution in [-0.2, 0) is 11.3 Å². The number of aliphatic hydroxyl groups excluding tert-OH is 1. The molecule has 0 fully saturated rings. The molecule has 0 bridgehead atoms. The summed E-state index contributed by atoms with van der Waals surface area (Å²) < 4.78 is 18.0. The molecule has 2 heterocycles. The van der Waals surface area contributed by atoms with E-state index < -0.39 is 12.1 Å². The highest BCUT2D eigenvalue weighted by Crippen LogP contribution is 2.29. The predicted octanol–water partition coefficient (Wildman–Crippen LogP) is 5.66. The second kappa shape index (κ2) is 17.7. The summed E-state index contributed by atoms with van der Waals surface area (Å²) >= 11 is 0. The molecule has 0 saturated heterocycles. The molecule has 1 aromatic heterocycles. The van der Waals surface area contributed by atoms with E-state index in [0.29, 0.717) is 48.1 Å². The minimum absolute atomic E-state index is 0.0457. The molecule has 3 aromatic rings. The number of carbonyl (C=O) groups is 2. The van der Waals surface area contributed by atoms with Crippen LogP contribution in [0, 0.1) is 5.92 Å². The Morgan fingerprint density at radius 2 is 1.79 bits per heavy atom. The van der Waals surface area contributed by atoms with Crippen molar-refractivity contribution in [2.75, 3.05) is 51.1 Å². The van der Waals surface area contributed by atoms with E-state index in [1.807, 2.05) is 26.0 Å². The molecule has 11 nitrogen and oxygen atoms in total. The monoisotopic (exact) mass is 647 g/mol. The van der Waals surface area contributed by atoms with E-state index in [1.165, 1.54) is 0 Å². The van der Waals surface area contributed by atoms with Gasteiger partial charge in [0, 0.05) is 55.9 Å². The minimum atomic E-state index is -0.465. The summed E-state index contributed by atoms with van der Waals surface area (Å²) in [6.45, 7) is 8.08. The second-order valence-electron chi connectivity index (χ2n) is 12.4. The van der Waals surface area contributed by atoms with Gasteiger partial charge in [-0.15, -0.1) is 0 Å². The number of urea groups is 1. The van der Waals surface area contributed by atoms with Gasteiger partial charge >= 0.3 is 6.03 Å². The molecule has 4 atom stereocenters. The van der Waals surface area contributed by atoms with Gasteiger partial charge in [0.2, 0.25) is 0 Å². The first-order chi connectivity index (χ1) is 22.7. The quantitative estimate of drug-likeness (QED) is 0.272. The zero-order chi connectivity index (χ0) is 33.8. The van der Waals surface area contributed by atoms with Crippen molar-refractivity contribution in [2.45, 2.75) is 64.8 Å². The lowest BCUT2D eigenvalue weighted by molar-refractivity contribution is -0.0177. The summed E-state index contributed by atoms with van der Waals surface area (Å²) in [6.07, 6.45) is 5.89. The van der Waals surface area contributed by atoms with E-state index in [-0.39, 0.29) is 30.6 Å². The Labute approximate surface area is 278 Å². The molecule has 4 rings (SSSR count). The average Bonchev–Trinajstić information content (AvgIpc) is 3.06. The van der Waals surface area contributed by atoms with Crippen molar-refractivity contribution in [2.24, 2.45) is 5.92 Å². The lowest BCUT2D eigenvalue weighted by atomic mass is 10.0. The first kappa shape index (κ1) is 35.7. The maximum atomic E-state index is 14.4. The van der Waals surface area contributed by atoms with Crippen molar-refractivity contribution in [1.29, 1.82) is 0 Å². The van der Waals surface area contributed by atoms with Crippen LogP contribution in [0.3, 0.4) is 0 Å². The minimum Gasteiger partial charge on any atom is -0.497 e. The summed E-state index contributed by atoms with van der Waals surface area (Å²) in [4.78, 5) is 35.3. The predicted molar refractivity (Wildman–Crippen MR) is 183 cm³/mol. The molecule has 0 aliphatic carbocycles. The number of fused-ring (bicyclic) bond motifs is 1. The number of ether oxygens (including phenoxy) is 3. The van der Waals surface area contributed by atoms with Gasteiger partial charge in [-0.3, -0.25) is 14.7 Å². The number of hydrogen-bond donors (Lipinski definition) is 3. The smallest absolute Gasteiger partial charge is 0.323 e. The molecule has 0 unspecified atom stereocenters. The van der Waals surface area contributed by atoms with Gasteiger partial charge in [-0.1, -0.05) is 6.92 Å². The van der Waals surface area contributed by atoms with Crippen molar-refractivity contribution in [3.8, 4) is 11.5 Å². The van der Waals surface area contributed by atoms with Gasteiger partial charge in [-0.05, 0) is 100 Å². The highest BCUT2D eigenvalue weighted by Gasteiger charge is 2.30. The zero-order valence-electron chi connectivity index (χ0n) is 28.1. The number of benzene rings is 2. The maximum Gasteiger partial charge on any atom is 0.323 e. The third kappa shape index (κ3) is 10.7. The number of anilines is 2. The molecule has 11 heteroatoms. The normalized spacial score (nSPS) is 20.0. The molecule has 3 amide bonds. The standard InChI is InChI=1S/C36H49N5O6/c1-25-21-41(26(2)24-42)35(43)32-20-30(39-36(44)38-29-9-12-31(45-5)13-10-29)11-14-33(32)47-27(3)8-6-7-19-46-34(25)23-40(4)22-28-15-17-37-18-16-28/h9-18,20,25-27,34,42H,6-8,19,21-24H2,1-5H3,(H2,38,39,44)/t25-,26+,27-,34-/m0/s1. The van der Waals surface area contributed by atoms with Crippen LogP contribution in [0.4, 0.5) is 16.2 Å². The summed E-state index contributed by atoms with van der Waals surface area (Å²) in [5, 5.41) is 15.9. The molecular formula is C36H49N5O6. The third-order valence-corrected chi connectivity index (χ3v) is 8.35. The number of likely N-dealkylation sites (N-methyl/N-ethyl adjacent to an activating group) is 1. The van der Waals surface area contributed by atoms with Crippen LogP contribution in [0.5, 0.6) is 11.5 Å². The topological polar surface area (TPSA) is 125 Å². The van der Waals surface area contributed by atoms with E-state index >= 15 is 0 Å². The van der Waals surface area contributed by atoms with Crippen molar-refractivity contribution >= 4 is 23.3 Å². The summed E-state index contributed by atoms with van der Waals surface area (Å²) in [7, 11) is 3.64. The van der Waals surface area contributed by atoms with Crippen LogP contribution in [-0.4, -0.2) is 90.5 Å². The highest BCUT2D eigenvalue weighted by molar-refractivity contribution is 6.02. The molecule has 0 spiro atoms. The Bertz CT molecular complexity index is 1420. The number of rotatable bonds is 9. The Hall–Kier alpha value is -4.19. The highest BCUT2D eigenvalue weighted by atomic mass is 16.5. The lowest BCUT2D eigenvalue weighted by Crippen LogP contribution is -2.47. The fourth-order valence-electron chi connectivity index (χ4n) is 5.60. The van der Waals surface area contributed by atoms with E-state index in [9.17, 15) is 14.7 Å². The van der Waals surface area contributed by atoms with E-state index in [4.69, 9.17) is 14.2 Å². The molecule has 47 heavy (non-hydrogen) atoms. The Balaban J connectivity index is 1.57. The van der Waals surface area contributed by atoms with Gasteiger partial charge in [0.25, 0.3) is 5.91 Å². The molecule has 0 radical (unpaired) electrons. The SMILES string of the molecule is COc1ccc(NC(=O)Nc2ccc3c(c2)C(=O)N([C@H](C)CO)C[C@H](C)[C@H](CN(C)Cc2ccncc2)OCCCC[C@H](C)O3)cc1. The van der Waals surface area contributed by atoms with Crippen LogP contribution in [0.25, 0.3) is 0 Å². The first-order valence-electron chi connectivity index (χ1n) is 16.3. The maximum absolute atomic E-state index is 14.4. The van der Waals surface area contributed by atoms with Gasteiger partial charge < -0.3 is 34.9 Å². The van der Waals surface area contributed by atoms with E-state index in [2.05, 4.69) is 34.5 Å². The van der Waals surface area contributed by atoms with Gasteiger partial charge in [-0.25, -0.2) is 4.79 Å². The number of aliphatic hydroxyl groups is 1. The zero-order valence-corrected chi connectivity index (χ0v) is 28.1. The molecule has 2 aromatic carbocycles. The third-order valence-electron chi connectivity index (χ3n) is 8.35.